The molecule has 1 amide bonds. The average Bonchev–Trinajstić information content (AvgIpc) is 2.49. The molecule has 0 aromatic heterocycles. The summed E-state index contributed by atoms with van der Waals surface area (Å²) < 4.78 is 5.15. The first kappa shape index (κ1) is 11.1. The van der Waals surface area contributed by atoms with Crippen LogP contribution < -0.4 is 10.6 Å². The van der Waals surface area contributed by atoms with Crippen LogP contribution in [0.25, 0.3) is 0 Å². The molecule has 0 spiro atoms. The first-order chi connectivity index (χ1) is 8.16. The molecule has 1 atom stereocenters. The largest absolute Gasteiger partial charge is 0.379 e. The number of likely N-dealkylation sites (N-methyl/N-ethyl adjacent to an activating group) is 1. The van der Waals surface area contributed by atoms with Crippen molar-refractivity contribution in [2.24, 2.45) is 5.73 Å². The van der Waals surface area contributed by atoms with Crippen molar-refractivity contribution >= 4 is 23.4 Å². The minimum atomic E-state index is -0.499. The number of fused-ring (bicyclic) bond motifs is 1. The van der Waals surface area contributed by atoms with Gasteiger partial charge in [-0.15, -0.1) is 11.8 Å². The van der Waals surface area contributed by atoms with Crippen LogP contribution in [0.3, 0.4) is 0 Å². The third kappa shape index (κ3) is 1.74. The summed E-state index contributed by atoms with van der Waals surface area (Å²) in [6.45, 7) is 1.63. The van der Waals surface area contributed by atoms with Crippen LogP contribution in [0.2, 0.25) is 0 Å². The molecule has 0 bridgehead atoms. The summed E-state index contributed by atoms with van der Waals surface area (Å²) >= 11 is 1.80. The van der Waals surface area contributed by atoms with E-state index < -0.39 is 6.04 Å². The molecule has 2 aliphatic heterocycles. The molecule has 3 rings (SSSR count). The summed E-state index contributed by atoms with van der Waals surface area (Å²) in [7, 11) is 1.77. The van der Waals surface area contributed by atoms with E-state index >= 15 is 0 Å². The van der Waals surface area contributed by atoms with Crippen molar-refractivity contribution in [3.05, 3.63) is 23.8 Å². The molecule has 90 valence electrons. The van der Waals surface area contributed by atoms with Crippen molar-refractivity contribution in [1.82, 2.24) is 0 Å². The van der Waals surface area contributed by atoms with E-state index in [4.69, 9.17) is 10.5 Å². The molecule has 0 saturated carbocycles. The average molecular weight is 250 g/mol. The molecular weight excluding hydrogens is 236 g/mol. The number of amides is 1. The summed E-state index contributed by atoms with van der Waals surface area (Å²) in [6, 6.07) is 5.54. The Morgan fingerprint density at radius 3 is 2.88 bits per heavy atom. The number of nitrogens with zero attached hydrogens (tertiary/aromatic N) is 1. The molecule has 0 radical (unpaired) electrons. The number of hydrogen-bond acceptors (Lipinski definition) is 4. The Labute approximate surface area is 104 Å². The van der Waals surface area contributed by atoms with Gasteiger partial charge in [0.1, 0.15) is 6.04 Å². The molecule has 0 aliphatic carbocycles. The van der Waals surface area contributed by atoms with Crippen molar-refractivity contribution in [3.8, 4) is 0 Å². The van der Waals surface area contributed by atoms with Gasteiger partial charge in [0.25, 0.3) is 0 Å². The van der Waals surface area contributed by atoms with Crippen LogP contribution in [0.5, 0.6) is 0 Å². The Kier molecular flexibility index (Phi) is 2.61. The highest BCUT2D eigenvalue weighted by Crippen LogP contribution is 2.38. The molecule has 1 aromatic carbocycles. The monoisotopic (exact) mass is 250 g/mol. The number of hydrogen-bond donors (Lipinski definition) is 1. The molecule has 1 saturated heterocycles. The molecule has 2 aliphatic rings. The van der Waals surface area contributed by atoms with E-state index in [9.17, 15) is 4.79 Å². The molecule has 1 fully saturated rings. The zero-order valence-electron chi connectivity index (χ0n) is 9.55. The van der Waals surface area contributed by atoms with Crippen molar-refractivity contribution in [1.29, 1.82) is 0 Å². The number of thioether (sulfide) groups is 1. The third-order valence-corrected chi connectivity index (χ3v) is 4.34. The molecule has 2 heterocycles. The van der Waals surface area contributed by atoms with Gasteiger partial charge in [-0.05, 0) is 12.1 Å². The van der Waals surface area contributed by atoms with Gasteiger partial charge in [-0.3, -0.25) is 4.79 Å². The van der Waals surface area contributed by atoms with E-state index in [1.165, 1.54) is 4.90 Å². The fourth-order valence-corrected chi connectivity index (χ4v) is 3.12. The van der Waals surface area contributed by atoms with Gasteiger partial charge >= 0.3 is 0 Å². The number of nitrogens with two attached hydrogens (primary N) is 1. The maximum atomic E-state index is 11.7. The Morgan fingerprint density at radius 1 is 1.47 bits per heavy atom. The predicted molar refractivity (Wildman–Crippen MR) is 67.2 cm³/mol. The maximum Gasteiger partial charge on any atom is 0.248 e. The topological polar surface area (TPSA) is 55.6 Å². The zero-order chi connectivity index (χ0) is 12.0. The van der Waals surface area contributed by atoms with Gasteiger partial charge in [0.15, 0.2) is 0 Å². The SMILES string of the molecule is CN1C(=O)C(N)c2ccc(SC3COC3)cc21. The first-order valence-electron chi connectivity index (χ1n) is 5.58. The number of benzene rings is 1. The summed E-state index contributed by atoms with van der Waals surface area (Å²) in [5.74, 6) is -0.0332. The molecule has 1 unspecified atom stereocenters. The van der Waals surface area contributed by atoms with Crippen molar-refractivity contribution in [3.63, 3.8) is 0 Å². The van der Waals surface area contributed by atoms with Crippen LogP contribution in [-0.4, -0.2) is 31.4 Å². The smallest absolute Gasteiger partial charge is 0.248 e. The van der Waals surface area contributed by atoms with E-state index in [1.54, 1.807) is 23.7 Å². The van der Waals surface area contributed by atoms with Crippen molar-refractivity contribution < 1.29 is 9.53 Å². The first-order valence-corrected chi connectivity index (χ1v) is 6.46. The number of carbonyl (C=O) groups is 1. The molecule has 17 heavy (non-hydrogen) atoms. The van der Waals surface area contributed by atoms with Gasteiger partial charge in [0.2, 0.25) is 5.91 Å². The molecule has 5 heteroatoms. The zero-order valence-corrected chi connectivity index (χ0v) is 10.4. The predicted octanol–water partition coefficient (Wildman–Crippen LogP) is 1.15. The van der Waals surface area contributed by atoms with Crippen molar-refractivity contribution in [2.75, 3.05) is 25.2 Å². The van der Waals surface area contributed by atoms with E-state index in [2.05, 4.69) is 0 Å². The number of anilines is 1. The fraction of sp³-hybridized carbons (Fsp3) is 0.417. The van der Waals surface area contributed by atoms with E-state index in [0.717, 1.165) is 24.5 Å². The lowest BCUT2D eigenvalue weighted by Crippen LogP contribution is -2.30. The normalized spacial score (nSPS) is 23.8. The molecule has 1 aromatic rings. The highest BCUT2D eigenvalue weighted by Gasteiger charge is 2.32. The van der Waals surface area contributed by atoms with E-state index in [-0.39, 0.29) is 5.91 Å². The summed E-state index contributed by atoms with van der Waals surface area (Å²) in [6.07, 6.45) is 0. The quantitative estimate of drug-likeness (QED) is 0.855. The number of rotatable bonds is 2. The highest BCUT2D eigenvalue weighted by atomic mass is 32.2. The minimum absolute atomic E-state index is 0.0332. The van der Waals surface area contributed by atoms with Crippen LogP contribution in [0.4, 0.5) is 5.69 Å². The van der Waals surface area contributed by atoms with Gasteiger partial charge in [-0.1, -0.05) is 6.07 Å². The third-order valence-electron chi connectivity index (χ3n) is 3.21. The minimum Gasteiger partial charge on any atom is -0.379 e. The van der Waals surface area contributed by atoms with E-state index in [1.807, 2.05) is 18.2 Å². The summed E-state index contributed by atoms with van der Waals surface area (Å²) in [4.78, 5) is 14.5. The van der Waals surface area contributed by atoms with Gasteiger partial charge in [0.05, 0.1) is 18.5 Å². The second-order valence-electron chi connectivity index (χ2n) is 4.37. The Balaban J connectivity index is 1.88. The lowest BCUT2D eigenvalue weighted by molar-refractivity contribution is -0.118. The molecular formula is C12H14N2O2S. The van der Waals surface area contributed by atoms with Crippen LogP contribution in [0.15, 0.2) is 23.1 Å². The maximum absolute atomic E-state index is 11.7. The lowest BCUT2D eigenvalue weighted by Gasteiger charge is -2.25. The Hall–Kier alpha value is -1.04. The second kappa shape index (κ2) is 4.01. The van der Waals surface area contributed by atoms with Crippen molar-refractivity contribution in [2.45, 2.75) is 16.2 Å². The van der Waals surface area contributed by atoms with Gasteiger partial charge < -0.3 is 15.4 Å². The lowest BCUT2D eigenvalue weighted by atomic mass is 10.1. The van der Waals surface area contributed by atoms with Gasteiger partial charge in [-0.25, -0.2) is 0 Å². The summed E-state index contributed by atoms with van der Waals surface area (Å²) in [5.41, 5.74) is 7.71. The second-order valence-corrected chi connectivity index (χ2v) is 5.75. The molecule has 2 N–H and O–H groups in total. The van der Waals surface area contributed by atoms with Crippen LogP contribution in [-0.2, 0) is 9.53 Å². The van der Waals surface area contributed by atoms with Gasteiger partial charge in [-0.2, -0.15) is 0 Å². The Morgan fingerprint density at radius 2 is 2.24 bits per heavy atom. The van der Waals surface area contributed by atoms with Crippen LogP contribution in [0.1, 0.15) is 11.6 Å². The van der Waals surface area contributed by atoms with E-state index in [0.29, 0.717) is 5.25 Å². The summed E-state index contributed by atoms with van der Waals surface area (Å²) in [5, 5.41) is 0.545. The van der Waals surface area contributed by atoms with Crippen LogP contribution in [0, 0.1) is 0 Å². The standard InChI is InChI=1S/C12H14N2O2S/c1-14-10-4-7(17-8-5-16-6-8)2-3-9(10)11(13)12(14)15/h2-4,8,11H,5-6,13H2,1H3. The van der Waals surface area contributed by atoms with Gasteiger partial charge in [0, 0.05) is 23.2 Å². The van der Waals surface area contributed by atoms with Crippen LogP contribution >= 0.6 is 11.8 Å². The Bertz CT molecular complexity index is 474. The highest BCUT2D eigenvalue weighted by molar-refractivity contribution is 8.00. The number of carbonyl (C=O) groups excluding carboxylic acids is 1. The number of ether oxygens (including phenoxy) is 1. The molecule has 4 nitrogen and oxygen atoms in total. The fourth-order valence-electron chi connectivity index (χ4n) is 2.09.